The molecule has 0 unspecified atom stereocenters. The molecule has 70 valence electrons. The molecule has 0 atom stereocenters. The monoisotopic (exact) mass is 204 g/mol. The van der Waals surface area contributed by atoms with E-state index >= 15 is 0 Å². The number of rotatable bonds is 2. The molecule has 0 bridgehead atoms. The van der Waals surface area contributed by atoms with Gasteiger partial charge in [0.15, 0.2) is 0 Å². The highest BCUT2D eigenvalue weighted by Crippen LogP contribution is 2.18. The number of aromatic hydroxyl groups is 1. The number of para-hydroxylation sites is 1. The SMILES string of the molecule is Oc1ccccc1/C=C/c1csnn1. The molecule has 0 aliphatic rings. The Balaban J connectivity index is 2.23. The molecule has 0 spiro atoms. The van der Waals surface area contributed by atoms with Crippen molar-refractivity contribution in [3.05, 3.63) is 40.9 Å². The van der Waals surface area contributed by atoms with Crippen LogP contribution in [-0.2, 0) is 0 Å². The van der Waals surface area contributed by atoms with Gasteiger partial charge in [0.2, 0.25) is 0 Å². The molecule has 1 aromatic carbocycles. The lowest BCUT2D eigenvalue weighted by molar-refractivity contribution is 0.474. The van der Waals surface area contributed by atoms with E-state index in [1.165, 1.54) is 11.5 Å². The van der Waals surface area contributed by atoms with Gasteiger partial charge in [-0.25, -0.2) is 0 Å². The van der Waals surface area contributed by atoms with E-state index < -0.39 is 0 Å². The Hall–Kier alpha value is -1.68. The van der Waals surface area contributed by atoms with Crippen LogP contribution < -0.4 is 0 Å². The lowest BCUT2D eigenvalue weighted by atomic mass is 10.2. The van der Waals surface area contributed by atoms with Gasteiger partial charge in [0.1, 0.15) is 5.75 Å². The Kier molecular flexibility index (Phi) is 2.55. The van der Waals surface area contributed by atoms with Crippen molar-refractivity contribution in [3.63, 3.8) is 0 Å². The average molecular weight is 204 g/mol. The summed E-state index contributed by atoms with van der Waals surface area (Å²) in [5.41, 5.74) is 1.58. The van der Waals surface area contributed by atoms with E-state index in [4.69, 9.17) is 0 Å². The molecule has 14 heavy (non-hydrogen) atoms. The number of phenolic OH excluding ortho intramolecular Hbond substituents is 1. The first-order chi connectivity index (χ1) is 6.86. The van der Waals surface area contributed by atoms with E-state index in [2.05, 4.69) is 9.59 Å². The standard InChI is InChI=1S/C10H8N2OS/c13-10-4-2-1-3-8(10)5-6-9-7-14-12-11-9/h1-7,13H/b6-5+. The molecule has 0 radical (unpaired) electrons. The minimum absolute atomic E-state index is 0.270. The molecule has 2 aromatic rings. The summed E-state index contributed by atoms with van der Waals surface area (Å²) in [6.45, 7) is 0. The number of hydrogen-bond acceptors (Lipinski definition) is 4. The van der Waals surface area contributed by atoms with Gasteiger partial charge >= 0.3 is 0 Å². The van der Waals surface area contributed by atoms with E-state index in [0.29, 0.717) is 0 Å². The van der Waals surface area contributed by atoms with Gasteiger partial charge in [-0.3, -0.25) is 0 Å². The fourth-order valence-electron chi connectivity index (χ4n) is 1.05. The van der Waals surface area contributed by atoms with Crippen LogP contribution in [0.2, 0.25) is 0 Å². The van der Waals surface area contributed by atoms with Gasteiger partial charge in [0.25, 0.3) is 0 Å². The van der Waals surface area contributed by atoms with Crippen LogP contribution in [0, 0.1) is 0 Å². The molecule has 1 heterocycles. The summed E-state index contributed by atoms with van der Waals surface area (Å²) in [4.78, 5) is 0. The molecular weight excluding hydrogens is 196 g/mol. The maximum atomic E-state index is 9.45. The van der Waals surface area contributed by atoms with Crippen LogP contribution in [0.1, 0.15) is 11.3 Å². The first-order valence-electron chi connectivity index (χ1n) is 4.09. The number of aromatic nitrogens is 2. The zero-order chi connectivity index (χ0) is 9.80. The molecule has 0 amide bonds. The third kappa shape index (κ3) is 1.97. The van der Waals surface area contributed by atoms with Crippen LogP contribution in [0.5, 0.6) is 5.75 Å². The molecule has 4 heteroatoms. The Morgan fingerprint density at radius 2 is 2.07 bits per heavy atom. The minimum atomic E-state index is 0.270. The van der Waals surface area contributed by atoms with E-state index in [0.717, 1.165) is 11.3 Å². The zero-order valence-electron chi connectivity index (χ0n) is 7.29. The highest BCUT2D eigenvalue weighted by molar-refractivity contribution is 7.03. The normalized spacial score (nSPS) is 10.9. The first kappa shape index (κ1) is 8.90. The largest absolute Gasteiger partial charge is 0.507 e. The topological polar surface area (TPSA) is 46.0 Å². The van der Waals surface area contributed by atoms with Crippen molar-refractivity contribution in [3.8, 4) is 5.75 Å². The van der Waals surface area contributed by atoms with Crippen molar-refractivity contribution in [1.82, 2.24) is 9.59 Å². The predicted octanol–water partition coefficient (Wildman–Crippen LogP) is 2.41. The van der Waals surface area contributed by atoms with Crippen molar-refractivity contribution < 1.29 is 5.11 Å². The summed E-state index contributed by atoms with van der Waals surface area (Å²) >= 11 is 1.30. The van der Waals surface area contributed by atoms with Crippen molar-refractivity contribution in [2.75, 3.05) is 0 Å². The zero-order valence-corrected chi connectivity index (χ0v) is 8.11. The van der Waals surface area contributed by atoms with Gasteiger partial charge < -0.3 is 5.11 Å². The summed E-state index contributed by atoms with van der Waals surface area (Å²) in [6.07, 6.45) is 3.63. The quantitative estimate of drug-likeness (QED) is 0.817. The van der Waals surface area contributed by atoms with E-state index in [1.807, 2.05) is 29.7 Å². The van der Waals surface area contributed by atoms with Crippen molar-refractivity contribution >= 4 is 23.7 Å². The predicted molar refractivity (Wildman–Crippen MR) is 56.9 cm³/mol. The third-order valence-corrected chi connectivity index (χ3v) is 2.27. The van der Waals surface area contributed by atoms with Gasteiger partial charge in [-0.15, -0.1) is 5.10 Å². The lowest BCUT2D eigenvalue weighted by Gasteiger charge is -1.95. The summed E-state index contributed by atoms with van der Waals surface area (Å²) in [5, 5.41) is 15.2. The van der Waals surface area contributed by atoms with Crippen LogP contribution in [0.25, 0.3) is 12.2 Å². The molecule has 3 nitrogen and oxygen atoms in total. The van der Waals surface area contributed by atoms with E-state index in [9.17, 15) is 5.11 Å². The van der Waals surface area contributed by atoms with Gasteiger partial charge in [-0.2, -0.15) is 0 Å². The minimum Gasteiger partial charge on any atom is -0.507 e. The fraction of sp³-hybridized carbons (Fsp3) is 0. The van der Waals surface area contributed by atoms with E-state index in [1.54, 1.807) is 12.1 Å². The van der Waals surface area contributed by atoms with Crippen LogP contribution in [-0.4, -0.2) is 14.7 Å². The first-order valence-corrected chi connectivity index (χ1v) is 4.93. The number of benzene rings is 1. The number of phenols is 1. The highest BCUT2D eigenvalue weighted by Gasteiger charge is 1.94. The Labute approximate surface area is 85.5 Å². The van der Waals surface area contributed by atoms with Gasteiger partial charge in [0, 0.05) is 10.9 Å². The second-order valence-corrected chi connectivity index (χ2v) is 3.33. The Morgan fingerprint density at radius 1 is 1.21 bits per heavy atom. The second kappa shape index (κ2) is 4.02. The summed E-state index contributed by atoms with van der Waals surface area (Å²) < 4.78 is 3.73. The summed E-state index contributed by atoms with van der Waals surface area (Å²) in [5.74, 6) is 0.270. The van der Waals surface area contributed by atoms with Crippen LogP contribution in [0.15, 0.2) is 29.6 Å². The molecule has 1 aromatic heterocycles. The van der Waals surface area contributed by atoms with Gasteiger partial charge in [-0.05, 0) is 29.8 Å². The maximum absolute atomic E-state index is 9.45. The third-order valence-electron chi connectivity index (χ3n) is 1.75. The van der Waals surface area contributed by atoms with Crippen molar-refractivity contribution in [2.45, 2.75) is 0 Å². The smallest absolute Gasteiger partial charge is 0.122 e. The molecule has 0 saturated heterocycles. The maximum Gasteiger partial charge on any atom is 0.122 e. The van der Waals surface area contributed by atoms with E-state index in [-0.39, 0.29) is 5.75 Å². The van der Waals surface area contributed by atoms with Gasteiger partial charge in [-0.1, -0.05) is 22.7 Å². The highest BCUT2D eigenvalue weighted by atomic mass is 32.1. The fourth-order valence-corrected chi connectivity index (χ4v) is 1.47. The molecular formula is C10H8N2OS. The van der Waals surface area contributed by atoms with Crippen molar-refractivity contribution in [2.24, 2.45) is 0 Å². The van der Waals surface area contributed by atoms with Crippen molar-refractivity contribution in [1.29, 1.82) is 0 Å². The molecule has 0 aliphatic heterocycles. The molecule has 0 saturated carbocycles. The lowest BCUT2D eigenvalue weighted by Crippen LogP contribution is -1.74. The number of nitrogens with zero attached hydrogens (tertiary/aromatic N) is 2. The average Bonchev–Trinajstić information content (AvgIpc) is 2.69. The van der Waals surface area contributed by atoms with Gasteiger partial charge in [0.05, 0.1) is 5.69 Å². The molecule has 2 rings (SSSR count). The summed E-state index contributed by atoms with van der Waals surface area (Å²) in [7, 11) is 0. The van der Waals surface area contributed by atoms with Crippen LogP contribution in [0.3, 0.4) is 0 Å². The molecule has 0 fully saturated rings. The Bertz CT molecular complexity index is 437. The second-order valence-electron chi connectivity index (χ2n) is 2.72. The van der Waals surface area contributed by atoms with Crippen LogP contribution in [0.4, 0.5) is 0 Å². The van der Waals surface area contributed by atoms with Crippen LogP contribution >= 0.6 is 11.5 Å². The molecule has 1 N–H and O–H groups in total. The number of hydrogen-bond donors (Lipinski definition) is 1. The Morgan fingerprint density at radius 3 is 2.79 bits per heavy atom. The summed E-state index contributed by atoms with van der Waals surface area (Å²) in [6, 6.07) is 7.15. The molecule has 0 aliphatic carbocycles.